The first kappa shape index (κ1) is 11.5. The second kappa shape index (κ2) is 4.46. The van der Waals surface area contributed by atoms with Gasteiger partial charge in [-0.3, -0.25) is 4.79 Å². The largest absolute Gasteiger partial charge is 0.475 e. The van der Waals surface area contributed by atoms with Crippen molar-refractivity contribution in [2.75, 3.05) is 24.7 Å². The van der Waals surface area contributed by atoms with Gasteiger partial charge >= 0.3 is 5.97 Å². The number of morpholine rings is 1. The van der Waals surface area contributed by atoms with Crippen LogP contribution in [0.5, 0.6) is 0 Å². The predicted octanol–water partition coefficient (Wildman–Crippen LogP) is -0.332. The number of carboxylic acids is 1. The molecule has 0 radical (unpaired) electrons. The van der Waals surface area contributed by atoms with Crippen LogP contribution in [0, 0.1) is 0 Å². The monoisotopic (exact) mass is 240 g/mol. The van der Waals surface area contributed by atoms with Gasteiger partial charge < -0.3 is 24.9 Å². The Morgan fingerprint density at radius 2 is 2.24 bits per heavy atom. The van der Waals surface area contributed by atoms with E-state index in [9.17, 15) is 9.59 Å². The van der Waals surface area contributed by atoms with Crippen LogP contribution < -0.4 is 10.6 Å². The number of amides is 1. The highest BCUT2D eigenvalue weighted by Crippen LogP contribution is 2.22. The van der Waals surface area contributed by atoms with Crippen molar-refractivity contribution in [2.45, 2.75) is 6.04 Å². The van der Waals surface area contributed by atoms with E-state index in [4.69, 9.17) is 20.0 Å². The van der Waals surface area contributed by atoms with Crippen LogP contribution in [0.2, 0.25) is 0 Å². The summed E-state index contributed by atoms with van der Waals surface area (Å²) in [5, 5.41) is 8.74. The maximum Gasteiger partial charge on any atom is 0.371 e. The Balaban J connectivity index is 2.23. The molecule has 1 aromatic rings. The van der Waals surface area contributed by atoms with Gasteiger partial charge in [0.1, 0.15) is 6.04 Å². The lowest BCUT2D eigenvalue weighted by Crippen LogP contribution is -2.52. The molecule has 1 atom stereocenters. The number of rotatable bonds is 3. The van der Waals surface area contributed by atoms with Crippen molar-refractivity contribution in [3.8, 4) is 0 Å². The summed E-state index contributed by atoms with van der Waals surface area (Å²) in [5.74, 6) is -1.54. The molecule has 1 aromatic heterocycles. The van der Waals surface area contributed by atoms with E-state index in [0.717, 1.165) is 0 Å². The van der Waals surface area contributed by atoms with Crippen molar-refractivity contribution < 1.29 is 23.8 Å². The molecule has 1 saturated heterocycles. The summed E-state index contributed by atoms with van der Waals surface area (Å²) in [6, 6.07) is 2.21. The van der Waals surface area contributed by atoms with Gasteiger partial charge in [0.15, 0.2) is 5.88 Å². The summed E-state index contributed by atoms with van der Waals surface area (Å²) in [6.07, 6.45) is 0. The zero-order valence-corrected chi connectivity index (χ0v) is 8.96. The van der Waals surface area contributed by atoms with Crippen LogP contribution in [0.4, 0.5) is 5.88 Å². The summed E-state index contributed by atoms with van der Waals surface area (Å²) < 4.78 is 10.3. The van der Waals surface area contributed by atoms with Gasteiger partial charge in [0.25, 0.3) is 0 Å². The third-order valence-electron chi connectivity index (χ3n) is 2.54. The number of ether oxygens (including phenoxy) is 1. The average molecular weight is 240 g/mol. The van der Waals surface area contributed by atoms with E-state index in [1.54, 1.807) is 4.90 Å². The number of carbonyl (C=O) groups excluding carboxylic acids is 1. The van der Waals surface area contributed by atoms with Crippen LogP contribution in [-0.4, -0.2) is 42.8 Å². The molecule has 1 unspecified atom stereocenters. The zero-order valence-electron chi connectivity index (χ0n) is 8.96. The lowest BCUT2D eigenvalue weighted by atomic mass is 10.2. The molecule has 3 N–H and O–H groups in total. The third-order valence-corrected chi connectivity index (χ3v) is 2.54. The molecule has 7 heteroatoms. The van der Waals surface area contributed by atoms with Crippen LogP contribution in [0.15, 0.2) is 16.5 Å². The Bertz CT molecular complexity index is 442. The van der Waals surface area contributed by atoms with E-state index >= 15 is 0 Å². The summed E-state index contributed by atoms with van der Waals surface area (Å²) >= 11 is 0. The Labute approximate surface area is 96.7 Å². The Morgan fingerprint density at radius 3 is 2.82 bits per heavy atom. The molecule has 2 heterocycles. The number of furan rings is 1. The van der Waals surface area contributed by atoms with E-state index in [2.05, 4.69) is 0 Å². The number of nitrogens with two attached hydrogens (primary N) is 1. The molecule has 0 saturated carbocycles. The van der Waals surface area contributed by atoms with Gasteiger partial charge in [-0.05, 0) is 6.07 Å². The smallest absolute Gasteiger partial charge is 0.371 e. The van der Waals surface area contributed by atoms with Crippen LogP contribution in [0.1, 0.15) is 10.6 Å². The first-order valence-electron chi connectivity index (χ1n) is 5.06. The summed E-state index contributed by atoms with van der Waals surface area (Å²) in [4.78, 5) is 23.5. The number of nitrogens with zero attached hydrogens (tertiary/aromatic N) is 1. The molecule has 0 bridgehead atoms. The van der Waals surface area contributed by atoms with Crippen molar-refractivity contribution in [1.29, 1.82) is 0 Å². The molecule has 7 nitrogen and oxygen atoms in total. The van der Waals surface area contributed by atoms with Gasteiger partial charge in [0.05, 0.1) is 13.2 Å². The molecule has 1 fully saturated rings. The average Bonchev–Trinajstić information content (AvgIpc) is 2.78. The number of hydrogen-bond acceptors (Lipinski definition) is 5. The van der Waals surface area contributed by atoms with Crippen LogP contribution in [-0.2, 0) is 9.53 Å². The van der Waals surface area contributed by atoms with Gasteiger partial charge in [-0.2, -0.15) is 0 Å². The minimum absolute atomic E-state index is 0.172. The van der Waals surface area contributed by atoms with Crippen LogP contribution in [0.25, 0.3) is 0 Å². The molecular weight excluding hydrogens is 228 g/mol. The first-order valence-corrected chi connectivity index (χ1v) is 5.06. The van der Waals surface area contributed by atoms with Crippen molar-refractivity contribution >= 4 is 17.8 Å². The molecule has 1 aliphatic heterocycles. The summed E-state index contributed by atoms with van der Waals surface area (Å²) in [6.45, 7) is 1.05. The topological polar surface area (TPSA) is 106 Å². The standard InChI is InChI=1S/C10H12N2O5/c11-9(13)6-5-16-4-3-12(6)8-2-1-7(17-8)10(14)15/h1-2,6H,3-5H2,(H2,11,13)(H,14,15). The van der Waals surface area contributed by atoms with E-state index in [1.807, 2.05) is 0 Å². The number of aromatic carboxylic acids is 1. The fourth-order valence-corrected chi connectivity index (χ4v) is 1.70. The molecule has 92 valence electrons. The van der Waals surface area contributed by atoms with E-state index in [0.29, 0.717) is 19.0 Å². The third kappa shape index (κ3) is 2.23. The number of anilines is 1. The minimum Gasteiger partial charge on any atom is -0.475 e. The second-order valence-corrected chi connectivity index (χ2v) is 3.63. The second-order valence-electron chi connectivity index (χ2n) is 3.63. The fraction of sp³-hybridized carbons (Fsp3) is 0.400. The lowest BCUT2D eigenvalue weighted by molar-refractivity contribution is -0.121. The molecule has 0 spiro atoms. The maximum absolute atomic E-state index is 11.2. The van der Waals surface area contributed by atoms with Gasteiger partial charge in [0.2, 0.25) is 11.7 Å². The van der Waals surface area contributed by atoms with Crippen molar-refractivity contribution in [3.05, 3.63) is 17.9 Å². The van der Waals surface area contributed by atoms with Gasteiger partial charge in [-0.1, -0.05) is 0 Å². The Kier molecular flexibility index (Phi) is 3.01. The highest BCUT2D eigenvalue weighted by molar-refractivity contribution is 5.86. The Morgan fingerprint density at radius 1 is 1.47 bits per heavy atom. The molecule has 2 rings (SSSR count). The Hall–Kier alpha value is -2.02. The van der Waals surface area contributed by atoms with Gasteiger partial charge in [-0.25, -0.2) is 4.79 Å². The highest BCUT2D eigenvalue weighted by Gasteiger charge is 2.30. The van der Waals surface area contributed by atoms with Crippen molar-refractivity contribution in [1.82, 2.24) is 0 Å². The van der Waals surface area contributed by atoms with Gasteiger partial charge in [0, 0.05) is 12.6 Å². The normalized spacial score (nSPS) is 20.2. The number of hydrogen-bond donors (Lipinski definition) is 2. The highest BCUT2D eigenvalue weighted by atomic mass is 16.5. The molecule has 17 heavy (non-hydrogen) atoms. The molecule has 0 aromatic carbocycles. The quantitative estimate of drug-likeness (QED) is 0.749. The first-order chi connectivity index (χ1) is 8.09. The van der Waals surface area contributed by atoms with Gasteiger partial charge in [-0.15, -0.1) is 0 Å². The van der Waals surface area contributed by atoms with Crippen LogP contribution in [0.3, 0.4) is 0 Å². The molecule has 1 aliphatic rings. The van der Waals surface area contributed by atoms with E-state index < -0.39 is 17.9 Å². The molecule has 1 amide bonds. The van der Waals surface area contributed by atoms with E-state index in [-0.39, 0.29) is 12.4 Å². The molecular formula is C10H12N2O5. The number of carboxylic acid groups (broad SMARTS) is 1. The number of carbonyl (C=O) groups is 2. The zero-order chi connectivity index (χ0) is 12.4. The fourth-order valence-electron chi connectivity index (χ4n) is 1.70. The van der Waals surface area contributed by atoms with Crippen molar-refractivity contribution in [2.24, 2.45) is 5.73 Å². The maximum atomic E-state index is 11.2. The predicted molar refractivity (Wildman–Crippen MR) is 56.8 cm³/mol. The number of primary amides is 1. The van der Waals surface area contributed by atoms with E-state index in [1.165, 1.54) is 12.1 Å². The van der Waals surface area contributed by atoms with Crippen LogP contribution >= 0.6 is 0 Å². The minimum atomic E-state index is -1.15. The summed E-state index contributed by atoms with van der Waals surface area (Å²) in [7, 11) is 0. The SMILES string of the molecule is NC(=O)C1COCCN1c1ccc(C(=O)O)o1. The summed E-state index contributed by atoms with van der Waals surface area (Å²) in [5.41, 5.74) is 5.24. The van der Waals surface area contributed by atoms with Crippen molar-refractivity contribution in [3.63, 3.8) is 0 Å². The molecule has 0 aliphatic carbocycles. The lowest BCUT2D eigenvalue weighted by Gasteiger charge is -2.33.